The summed E-state index contributed by atoms with van der Waals surface area (Å²) in [6, 6.07) is 7.53. The highest BCUT2D eigenvalue weighted by Gasteiger charge is 2.13. The molecule has 0 bridgehead atoms. The van der Waals surface area contributed by atoms with E-state index in [2.05, 4.69) is 28.2 Å². The minimum Gasteiger partial charge on any atom is -0.321 e. The summed E-state index contributed by atoms with van der Waals surface area (Å²) in [4.78, 5) is 12.6. The van der Waals surface area contributed by atoms with Crippen molar-refractivity contribution in [2.24, 2.45) is 0 Å². The van der Waals surface area contributed by atoms with Gasteiger partial charge in [-0.1, -0.05) is 34.5 Å². The number of carbonyl (C=O) groups excluding carboxylic acids is 1. The van der Waals surface area contributed by atoms with Gasteiger partial charge in [-0.15, -0.1) is 11.3 Å². The summed E-state index contributed by atoms with van der Waals surface area (Å²) in [5.74, 6) is -0.160. The summed E-state index contributed by atoms with van der Waals surface area (Å²) in [7, 11) is 0. The lowest BCUT2D eigenvalue weighted by Crippen LogP contribution is -2.12. The fraction of sp³-hybridized carbons (Fsp3) is 0.154. The van der Waals surface area contributed by atoms with Crippen molar-refractivity contribution in [3.05, 3.63) is 49.6 Å². The fourth-order valence-electron chi connectivity index (χ4n) is 1.61. The highest BCUT2D eigenvalue weighted by molar-refractivity contribution is 9.10. The number of hydrogen-bond donors (Lipinski definition) is 1. The number of aryl methyl sites for hydroxylation is 1. The number of halogens is 2. The monoisotopic (exact) mass is 343 g/mol. The van der Waals surface area contributed by atoms with Crippen LogP contribution in [-0.2, 0) is 6.42 Å². The molecule has 18 heavy (non-hydrogen) atoms. The molecule has 1 amide bonds. The Labute approximate surface area is 123 Å². The minimum absolute atomic E-state index is 0.160. The van der Waals surface area contributed by atoms with Gasteiger partial charge < -0.3 is 5.32 Å². The van der Waals surface area contributed by atoms with Crippen LogP contribution in [0.15, 0.2) is 34.1 Å². The second kappa shape index (κ2) is 5.87. The van der Waals surface area contributed by atoms with Crippen LogP contribution in [0.2, 0.25) is 5.02 Å². The Kier molecular flexibility index (Phi) is 4.43. The van der Waals surface area contributed by atoms with Gasteiger partial charge in [0.25, 0.3) is 5.91 Å². The Morgan fingerprint density at radius 1 is 1.44 bits per heavy atom. The van der Waals surface area contributed by atoms with Crippen molar-refractivity contribution < 1.29 is 4.79 Å². The quantitative estimate of drug-likeness (QED) is 0.836. The summed E-state index contributed by atoms with van der Waals surface area (Å²) in [6.07, 6.45) is 0.854. The third-order valence-corrected chi connectivity index (χ3v) is 4.35. The van der Waals surface area contributed by atoms with Crippen molar-refractivity contribution in [2.45, 2.75) is 13.3 Å². The Morgan fingerprint density at radius 3 is 2.83 bits per heavy atom. The van der Waals surface area contributed by atoms with Gasteiger partial charge >= 0.3 is 0 Å². The summed E-state index contributed by atoms with van der Waals surface area (Å²) in [6.45, 7) is 2.05. The second-order valence-electron chi connectivity index (χ2n) is 3.71. The molecule has 1 aromatic heterocycles. The lowest BCUT2D eigenvalue weighted by atomic mass is 10.1. The molecular formula is C13H11BrClNOS. The first kappa shape index (κ1) is 13.6. The van der Waals surface area contributed by atoms with Crippen molar-refractivity contribution in [1.82, 2.24) is 0 Å². The van der Waals surface area contributed by atoms with Gasteiger partial charge in [0.2, 0.25) is 0 Å². The Bertz CT molecular complexity index is 582. The molecule has 2 nitrogen and oxygen atoms in total. The molecule has 2 rings (SSSR count). The van der Waals surface area contributed by atoms with Gasteiger partial charge in [0.05, 0.1) is 5.02 Å². The van der Waals surface area contributed by atoms with Gasteiger partial charge in [-0.05, 0) is 41.6 Å². The second-order valence-corrected chi connectivity index (χ2v) is 5.95. The number of carbonyl (C=O) groups is 1. The highest BCUT2D eigenvalue weighted by Crippen LogP contribution is 2.26. The molecule has 1 aromatic carbocycles. The maximum absolute atomic E-state index is 12.1. The van der Waals surface area contributed by atoms with Crippen molar-refractivity contribution in [3.8, 4) is 0 Å². The maximum Gasteiger partial charge on any atom is 0.267 e. The molecule has 0 fully saturated rings. The SMILES string of the molecule is CCc1cc(Br)ccc1NC(=O)c1sccc1Cl. The normalized spacial score (nSPS) is 10.4. The first-order valence-electron chi connectivity index (χ1n) is 5.44. The first-order valence-corrected chi connectivity index (χ1v) is 7.49. The molecule has 0 aliphatic rings. The lowest BCUT2D eigenvalue weighted by molar-refractivity contribution is 0.103. The van der Waals surface area contributed by atoms with E-state index in [9.17, 15) is 4.79 Å². The van der Waals surface area contributed by atoms with E-state index >= 15 is 0 Å². The predicted molar refractivity (Wildman–Crippen MR) is 80.8 cm³/mol. The molecule has 0 atom stereocenters. The Morgan fingerprint density at radius 2 is 2.22 bits per heavy atom. The van der Waals surface area contributed by atoms with Gasteiger partial charge in [0.1, 0.15) is 4.88 Å². The number of hydrogen-bond acceptors (Lipinski definition) is 2. The van der Waals surface area contributed by atoms with E-state index in [0.717, 1.165) is 22.1 Å². The number of anilines is 1. The van der Waals surface area contributed by atoms with E-state index < -0.39 is 0 Å². The summed E-state index contributed by atoms with van der Waals surface area (Å²) >= 11 is 10.7. The molecule has 0 saturated heterocycles. The molecule has 0 aliphatic heterocycles. The van der Waals surface area contributed by atoms with Gasteiger partial charge in [-0.25, -0.2) is 0 Å². The largest absolute Gasteiger partial charge is 0.321 e. The molecule has 0 radical (unpaired) electrons. The van der Waals surface area contributed by atoms with E-state index in [4.69, 9.17) is 11.6 Å². The molecule has 1 heterocycles. The maximum atomic E-state index is 12.1. The summed E-state index contributed by atoms with van der Waals surface area (Å²) < 4.78 is 1.01. The average Bonchev–Trinajstić information content (AvgIpc) is 2.77. The summed E-state index contributed by atoms with van der Waals surface area (Å²) in [5, 5.41) is 5.20. The Balaban J connectivity index is 2.24. The Hall–Kier alpha value is -0.840. The number of amides is 1. The smallest absolute Gasteiger partial charge is 0.267 e. The van der Waals surface area contributed by atoms with Crippen molar-refractivity contribution in [3.63, 3.8) is 0 Å². The van der Waals surface area contributed by atoms with Crippen LogP contribution in [0.3, 0.4) is 0 Å². The van der Waals surface area contributed by atoms with Crippen molar-refractivity contribution >= 4 is 50.5 Å². The predicted octanol–water partition coefficient (Wildman–Crippen LogP) is 4.98. The topological polar surface area (TPSA) is 29.1 Å². The van der Waals surface area contributed by atoms with E-state index in [1.54, 1.807) is 11.4 Å². The zero-order valence-corrected chi connectivity index (χ0v) is 12.8. The van der Waals surface area contributed by atoms with Gasteiger partial charge in [0, 0.05) is 10.2 Å². The van der Waals surface area contributed by atoms with Crippen LogP contribution < -0.4 is 5.32 Å². The molecule has 0 spiro atoms. The van der Waals surface area contributed by atoms with Crippen LogP contribution in [0.25, 0.3) is 0 Å². The van der Waals surface area contributed by atoms with Crippen LogP contribution >= 0.6 is 38.9 Å². The molecule has 94 valence electrons. The van der Waals surface area contributed by atoms with Crippen molar-refractivity contribution in [2.75, 3.05) is 5.32 Å². The molecule has 0 saturated carbocycles. The van der Waals surface area contributed by atoms with Gasteiger partial charge in [-0.3, -0.25) is 4.79 Å². The number of thiophene rings is 1. The molecular weight excluding hydrogens is 334 g/mol. The number of benzene rings is 1. The highest BCUT2D eigenvalue weighted by atomic mass is 79.9. The standard InChI is InChI=1S/C13H11BrClNOS/c1-2-8-7-9(14)3-4-11(8)16-13(17)12-10(15)5-6-18-12/h3-7H,2H2,1H3,(H,16,17). The zero-order chi connectivity index (χ0) is 13.1. The van der Waals surface area contributed by atoms with Crippen LogP contribution in [0.5, 0.6) is 0 Å². The van der Waals surface area contributed by atoms with Crippen LogP contribution in [0.1, 0.15) is 22.2 Å². The van der Waals surface area contributed by atoms with Crippen LogP contribution in [0.4, 0.5) is 5.69 Å². The third-order valence-electron chi connectivity index (χ3n) is 2.52. The van der Waals surface area contributed by atoms with Gasteiger partial charge in [0.15, 0.2) is 0 Å². The number of nitrogens with one attached hydrogen (secondary N) is 1. The zero-order valence-electron chi connectivity index (χ0n) is 9.67. The molecule has 2 aromatic rings. The lowest BCUT2D eigenvalue weighted by Gasteiger charge is -2.09. The van der Waals surface area contributed by atoms with Gasteiger partial charge in [-0.2, -0.15) is 0 Å². The average molecular weight is 345 g/mol. The van der Waals surface area contributed by atoms with E-state index in [-0.39, 0.29) is 5.91 Å². The van der Waals surface area contributed by atoms with Crippen LogP contribution in [0, 0.1) is 0 Å². The molecule has 5 heteroatoms. The van der Waals surface area contributed by atoms with E-state index in [0.29, 0.717) is 9.90 Å². The molecule has 0 unspecified atom stereocenters. The first-order chi connectivity index (χ1) is 8.61. The minimum atomic E-state index is -0.160. The van der Waals surface area contributed by atoms with Crippen LogP contribution in [-0.4, -0.2) is 5.91 Å². The fourth-order valence-corrected chi connectivity index (χ4v) is 3.06. The third kappa shape index (κ3) is 2.94. The number of rotatable bonds is 3. The molecule has 0 aliphatic carbocycles. The van der Waals surface area contributed by atoms with Crippen molar-refractivity contribution in [1.29, 1.82) is 0 Å². The van der Waals surface area contributed by atoms with E-state index in [1.807, 2.05) is 18.2 Å². The van der Waals surface area contributed by atoms with E-state index in [1.165, 1.54) is 11.3 Å². The molecule has 1 N–H and O–H groups in total. The summed E-state index contributed by atoms with van der Waals surface area (Å²) in [5.41, 5.74) is 1.92.